The second kappa shape index (κ2) is 11.2. The van der Waals surface area contributed by atoms with E-state index in [2.05, 4.69) is 10.6 Å². The van der Waals surface area contributed by atoms with E-state index < -0.39 is 6.04 Å². The summed E-state index contributed by atoms with van der Waals surface area (Å²) in [5.74, 6) is -0.827. The molecule has 1 aliphatic heterocycles. The van der Waals surface area contributed by atoms with Crippen LogP contribution in [0.25, 0.3) is 10.8 Å². The van der Waals surface area contributed by atoms with Crippen molar-refractivity contribution >= 4 is 28.5 Å². The first-order valence-corrected chi connectivity index (χ1v) is 12.2. The maximum atomic E-state index is 13.3. The Bertz CT molecular complexity index is 1270. The van der Waals surface area contributed by atoms with Crippen LogP contribution in [0.2, 0.25) is 0 Å². The van der Waals surface area contributed by atoms with Crippen molar-refractivity contribution in [2.45, 2.75) is 25.4 Å². The summed E-state index contributed by atoms with van der Waals surface area (Å²) in [6.07, 6.45) is 1.26. The standard InChI is InChI=1S/C28H32N4O4/c1-31(2)16-14-29-26(34)21-9-5-7-19(17-21)18-30-27(35)24-11-6-15-32(24)28(36)23-13-12-20-8-3-4-10-22(20)25(23)33/h3-5,7-10,12-13,17,24,33H,6,11,14-16,18H2,1-2H3,(H,29,34)(H,30,35). The van der Waals surface area contributed by atoms with Crippen LogP contribution in [0.3, 0.4) is 0 Å². The number of nitrogens with one attached hydrogen (secondary N) is 2. The third kappa shape index (κ3) is 5.66. The van der Waals surface area contributed by atoms with Crippen LogP contribution in [-0.2, 0) is 11.3 Å². The Kier molecular flexibility index (Phi) is 7.85. The lowest BCUT2D eigenvalue weighted by atomic mass is 10.0. The number of hydrogen-bond donors (Lipinski definition) is 3. The minimum absolute atomic E-state index is 0.0650. The first kappa shape index (κ1) is 25.2. The van der Waals surface area contributed by atoms with Crippen LogP contribution in [0.5, 0.6) is 5.75 Å². The zero-order valence-corrected chi connectivity index (χ0v) is 20.7. The van der Waals surface area contributed by atoms with E-state index in [4.69, 9.17) is 0 Å². The van der Waals surface area contributed by atoms with Gasteiger partial charge in [0.1, 0.15) is 11.8 Å². The van der Waals surface area contributed by atoms with Crippen LogP contribution in [0.4, 0.5) is 0 Å². The highest BCUT2D eigenvalue weighted by Gasteiger charge is 2.35. The van der Waals surface area contributed by atoms with Gasteiger partial charge >= 0.3 is 0 Å². The molecule has 0 aliphatic carbocycles. The van der Waals surface area contributed by atoms with Crippen LogP contribution in [0.15, 0.2) is 60.7 Å². The highest BCUT2D eigenvalue weighted by atomic mass is 16.3. The van der Waals surface area contributed by atoms with Crippen LogP contribution < -0.4 is 10.6 Å². The molecule has 3 aromatic carbocycles. The molecule has 0 saturated carbocycles. The van der Waals surface area contributed by atoms with Crippen LogP contribution >= 0.6 is 0 Å². The number of aromatic hydroxyl groups is 1. The Balaban J connectivity index is 1.40. The SMILES string of the molecule is CN(C)CCNC(=O)c1cccc(CNC(=O)C2CCCN2C(=O)c2ccc3ccccc3c2O)c1. The van der Waals surface area contributed by atoms with Gasteiger partial charge in [0.15, 0.2) is 0 Å². The third-order valence-corrected chi connectivity index (χ3v) is 6.45. The number of hydrogen-bond acceptors (Lipinski definition) is 5. The van der Waals surface area contributed by atoms with Gasteiger partial charge in [0.05, 0.1) is 5.56 Å². The fraction of sp³-hybridized carbons (Fsp3) is 0.321. The van der Waals surface area contributed by atoms with E-state index in [1.807, 2.05) is 43.3 Å². The molecule has 36 heavy (non-hydrogen) atoms. The van der Waals surface area contributed by atoms with E-state index in [0.29, 0.717) is 36.9 Å². The number of phenols is 1. The lowest BCUT2D eigenvalue weighted by Gasteiger charge is -2.24. The summed E-state index contributed by atoms with van der Waals surface area (Å²) in [6, 6.07) is 17.3. The number of fused-ring (bicyclic) bond motifs is 1. The van der Waals surface area contributed by atoms with Crippen molar-refractivity contribution in [3.8, 4) is 5.75 Å². The van der Waals surface area contributed by atoms with E-state index >= 15 is 0 Å². The van der Waals surface area contributed by atoms with Crippen molar-refractivity contribution in [3.05, 3.63) is 77.4 Å². The van der Waals surface area contributed by atoms with Gasteiger partial charge in [0.25, 0.3) is 11.8 Å². The summed E-state index contributed by atoms with van der Waals surface area (Å²) in [4.78, 5) is 42.3. The zero-order chi connectivity index (χ0) is 25.7. The fourth-order valence-corrected chi connectivity index (χ4v) is 4.49. The number of phenolic OH excluding ortho intramolecular Hbond substituents is 1. The predicted octanol–water partition coefficient (Wildman–Crippen LogP) is 2.76. The number of carbonyl (C=O) groups is 3. The Labute approximate surface area is 210 Å². The minimum atomic E-state index is -0.610. The number of nitrogens with zero attached hydrogens (tertiary/aromatic N) is 2. The molecule has 0 aromatic heterocycles. The summed E-state index contributed by atoms with van der Waals surface area (Å²) in [7, 11) is 3.89. The maximum absolute atomic E-state index is 13.3. The molecule has 3 aromatic rings. The predicted molar refractivity (Wildman–Crippen MR) is 139 cm³/mol. The number of carbonyl (C=O) groups excluding carboxylic acids is 3. The molecule has 3 amide bonds. The van der Waals surface area contributed by atoms with Crippen LogP contribution in [0.1, 0.15) is 39.1 Å². The van der Waals surface area contributed by atoms with Gasteiger partial charge in [-0.25, -0.2) is 0 Å². The highest BCUT2D eigenvalue weighted by molar-refractivity contribution is 6.05. The van der Waals surface area contributed by atoms with Crippen LogP contribution in [0, 0.1) is 0 Å². The lowest BCUT2D eigenvalue weighted by molar-refractivity contribution is -0.125. The topological polar surface area (TPSA) is 102 Å². The van der Waals surface area contributed by atoms with Gasteiger partial charge in [-0.3, -0.25) is 14.4 Å². The maximum Gasteiger partial charge on any atom is 0.258 e. The first-order chi connectivity index (χ1) is 17.3. The largest absolute Gasteiger partial charge is 0.506 e. The Morgan fingerprint density at radius 1 is 1.03 bits per heavy atom. The van der Waals surface area contributed by atoms with Gasteiger partial charge in [0.2, 0.25) is 5.91 Å². The van der Waals surface area contributed by atoms with Gasteiger partial charge in [-0.15, -0.1) is 0 Å². The molecule has 1 atom stereocenters. The molecule has 4 rings (SSSR count). The summed E-state index contributed by atoms with van der Waals surface area (Å²) in [6.45, 7) is 1.99. The molecule has 8 nitrogen and oxygen atoms in total. The number of likely N-dealkylation sites (N-methyl/N-ethyl adjacent to an activating group) is 1. The molecule has 1 heterocycles. The number of rotatable bonds is 8. The average Bonchev–Trinajstić information content (AvgIpc) is 3.37. The number of benzene rings is 3. The van der Waals surface area contributed by atoms with E-state index in [1.54, 1.807) is 36.4 Å². The molecule has 1 unspecified atom stereocenters. The molecule has 0 radical (unpaired) electrons. The summed E-state index contributed by atoms with van der Waals surface area (Å²) < 4.78 is 0. The monoisotopic (exact) mass is 488 g/mol. The highest BCUT2D eigenvalue weighted by Crippen LogP contribution is 2.31. The second-order valence-corrected chi connectivity index (χ2v) is 9.32. The normalized spacial score (nSPS) is 15.3. The molecule has 1 fully saturated rings. The molecular formula is C28H32N4O4. The van der Waals surface area contributed by atoms with E-state index in [-0.39, 0.29) is 35.6 Å². The Morgan fingerprint density at radius 2 is 1.83 bits per heavy atom. The fourth-order valence-electron chi connectivity index (χ4n) is 4.49. The molecule has 1 aliphatic rings. The van der Waals surface area contributed by atoms with Crippen molar-refractivity contribution in [2.75, 3.05) is 33.7 Å². The van der Waals surface area contributed by atoms with Gasteiger partial charge in [-0.2, -0.15) is 0 Å². The first-order valence-electron chi connectivity index (χ1n) is 12.2. The van der Waals surface area contributed by atoms with Gasteiger partial charge < -0.3 is 25.5 Å². The third-order valence-electron chi connectivity index (χ3n) is 6.45. The molecule has 8 heteroatoms. The molecule has 3 N–H and O–H groups in total. The zero-order valence-electron chi connectivity index (χ0n) is 20.7. The van der Waals surface area contributed by atoms with Crippen molar-refractivity contribution < 1.29 is 19.5 Å². The Morgan fingerprint density at radius 3 is 2.64 bits per heavy atom. The number of amides is 3. The average molecular weight is 489 g/mol. The molecular weight excluding hydrogens is 456 g/mol. The quantitative estimate of drug-likeness (QED) is 0.453. The smallest absolute Gasteiger partial charge is 0.258 e. The van der Waals surface area contributed by atoms with Crippen molar-refractivity contribution in [1.29, 1.82) is 0 Å². The van der Waals surface area contributed by atoms with Gasteiger partial charge in [-0.1, -0.05) is 42.5 Å². The Hall–Kier alpha value is -3.91. The molecule has 188 valence electrons. The number of likely N-dealkylation sites (tertiary alicyclic amines) is 1. The minimum Gasteiger partial charge on any atom is -0.506 e. The van der Waals surface area contributed by atoms with E-state index in [0.717, 1.165) is 17.5 Å². The second-order valence-electron chi connectivity index (χ2n) is 9.32. The van der Waals surface area contributed by atoms with Crippen molar-refractivity contribution in [1.82, 2.24) is 20.4 Å². The van der Waals surface area contributed by atoms with E-state index in [9.17, 15) is 19.5 Å². The van der Waals surface area contributed by atoms with Crippen molar-refractivity contribution in [3.63, 3.8) is 0 Å². The van der Waals surface area contributed by atoms with E-state index in [1.165, 1.54) is 4.90 Å². The lowest BCUT2D eigenvalue weighted by Crippen LogP contribution is -2.45. The molecule has 0 bridgehead atoms. The van der Waals surface area contributed by atoms with Crippen molar-refractivity contribution in [2.24, 2.45) is 0 Å². The summed E-state index contributed by atoms with van der Waals surface area (Å²) >= 11 is 0. The molecule has 1 saturated heterocycles. The van der Waals surface area contributed by atoms with Gasteiger partial charge in [0, 0.05) is 37.1 Å². The van der Waals surface area contributed by atoms with Gasteiger partial charge in [-0.05, 0) is 56.1 Å². The summed E-state index contributed by atoms with van der Waals surface area (Å²) in [5, 5.41) is 18.0. The summed E-state index contributed by atoms with van der Waals surface area (Å²) in [5.41, 5.74) is 1.53. The molecule has 0 spiro atoms. The van der Waals surface area contributed by atoms with Crippen LogP contribution in [-0.4, -0.2) is 72.4 Å².